The van der Waals surface area contributed by atoms with Crippen molar-refractivity contribution in [2.75, 3.05) is 13.2 Å². The van der Waals surface area contributed by atoms with Crippen molar-refractivity contribution >= 4 is 0 Å². The van der Waals surface area contributed by atoms with Gasteiger partial charge in [-0.1, -0.05) is 13.3 Å². The van der Waals surface area contributed by atoms with Crippen LogP contribution in [0.1, 0.15) is 36.7 Å². The van der Waals surface area contributed by atoms with Crippen LogP contribution in [0.3, 0.4) is 0 Å². The van der Waals surface area contributed by atoms with E-state index in [2.05, 4.69) is 17.3 Å². The van der Waals surface area contributed by atoms with E-state index in [0.29, 0.717) is 19.6 Å². The molecule has 1 heterocycles. The smallest absolute Gasteiger partial charge is 0.0664 e. The van der Waals surface area contributed by atoms with Gasteiger partial charge in [0.25, 0.3) is 0 Å². The molecule has 0 aromatic carbocycles. The summed E-state index contributed by atoms with van der Waals surface area (Å²) in [5, 5.41) is 26.2. The third kappa shape index (κ3) is 4.08. The zero-order valence-corrected chi connectivity index (χ0v) is 11.6. The highest BCUT2D eigenvalue weighted by molar-refractivity contribution is 5.24. The maximum Gasteiger partial charge on any atom is 0.0664 e. The molecule has 0 aliphatic heterocycles. The minimum absolute atomic E-state index is 0.101. The lowest BCUT2D eigenvalue weighted by Gasteiger charge is -2.11. The molecule has 1 aromatic rings. The summed E-state index contributed by atoms with van der Waals surface area (Å²) in [6.07, 6.45) is 1.55. The van der Waals surface area contributed by atoms with Gasteiger partial charge in [0.1, 0.15) is 0 Å². The molecule has 0 bridgehead atoms. The number of hydrogen-bond donors (Lipinski definition) is 3. The van der Waals surface area contributed by atoms with Crippen LogP contribution in [-0.4, -0.2) is 39.2 Å². The second-order valence-corrected chi connectivity index (χ2v) is 4.67. The Morgan fingerprint density at radius 3 is 2.72 bits per heavy atom. The maximum absolute atomic E-state index is 9.64. The standard InChI is InChI=1S/C13H25N3O2/c1-4-5-12(18)8-14-9-13-10(2)15-16(6-7-17)11(13)3/h12,14,17-18H,4-9H2,1-3H3. The van der Waals surface area contributed by atoms with Gasteiger partial charge in [0.2, 0.25) is 0 Å². The number of nitrogens with zero attached hydrogens (tertiary/aromatic N) is 2. The van der Waals surface area contributed by atoms with E-state index in [9.17, 15) is 5.11 Å². The van der Waals surface area contributed by atoms with E-state index in [0.717, 1.165) is 29.8 Å². The molecule has 0 spiro atoms. The van der Waals surface area contributed by atoms with Gasteiger partial charge >= 0.3 is 0 Å². The molecule has 1 unspecified atom stereocenters. The van der Waals surface area contributed by atoms with E-state index in [4.69, 9.17) is 5.11 Å². The molecule has 0 aliphatic rings. The van der Waals surface area contributed by atoms with Crippen LogP contribution < -0.4 is 5.32 Å². The predicted octanol–water partition coefficient (Wildman–Crippen LogP) is 0.743. The van der Waals surface area contributed by atoms with Crippen molar-refractivity contribution in [3.63, 3.8) is 0 Å². The molecule has 0 fully saturated rings. The molecule has 0 aliphatic carbocycles. The van der Waals surface area contributed by atoms with Crippen molar-refractivity contribution in [3.05, 3.63) is 17.0 Å². The SMILES string of the molecule is CCCC(O)CNCc1c(C)nn(CCO)c1C. The first-order chi connectivity index (χ1) is 8.60. The molecule has 1 atom stereocenters. The Hall–Kier alpha value is -0.910. The second-order valence-electron chi connectivity index (χ2n) is 4.67. The highest BCUT2D eigenvalue weighted by Crippen LogP contribution is 2.12. The van der Waals surface area contributed by atoms with Crippen LogP contribution in [0.15, 0.2) is 0 Å². The highest BCUT2D eigenvalue weighted by Gasteiger charge is 2.11. The first-order valence-corrected chi connectivity index (χ1v) is 6.62. The molecule has 5 nitrogen and oxygen atoms in total. The average Bonchev–Trinajstić information content (AvgIpc) is 2.57. The topological polar surface area (TPSA) is 70.3 Å². The maximum atomic E-state index is 9.64. The van der Waals surface area contributed by atoms with Crippen LogP contribution in [0.5, 0.6) is 0 Å². The number of rotatable bonds is 8. The molecule has 1 rings (SSSR count). The summed E-state index contributed by atoms with van der Waals surface area (Å²) in [5.41, 5.74) is 3.23. The summed E-state index contributed by atoms with van der Waals surface area (Å²) in [6, 6.07) is 0. The van der Waals surface area contributed by atoms with Crippen molar-refractivity contribution in [1.82, 2.24) is 15.1 Å². The van der Waals surface area contributed by atoms with E-state index in [1.807, 2.05) is 18.5 Å². The summed E-state index contributed by atoms with van der Waals surface area (Å²) in [4.78, 5) is 0. The van der Waals surface area contributed by atoms with Gasteiger partial charge in [-0.15, -0.1) is 0 Å². The van der Waals surface area contributed by atoms with Gasteiger partial charge in [0.05, 0.1) is 24.9 Å². The molecule has 0 radical (unpaired) electrons. The molecule has 3 N–H and O–H groups in total. The summed E-state index contributed by atoms with van der Waals surface area (Å²) in [5.74, 6) is 0. The van der Waals surface area contributed by atoms with Gasteiger partial charge in [-0.3, -0.25) is 4.68 Å². The first kappa shape index (κ1) is 15.1. The Morgan fingerprint density at radius 1 is 1.39 bits per heavy atom. The summed E-state index contributed by atoms with van der Waals surface area (Å²) >= 11 is 0. The lowest BCUT2D eigenvalue weighted by atomic mass is 10.2. The molecule has 18 heavy (non-hydrogen) atoms. The predicted molar refractivity (Wildman–Crippen MR) is 71.4 cm³/mol. The Morgan fingerprint density at radius 2 is 2.11 bits per heavy atom. The minimum atomic E-state index is -0.275. The fourth-order valence-corrected chi connectivity index (χ4v) is 2.10. The lowest BCUT2D eigenvalue weighted by Crippen LogP contribution is -2.26. The fourth-order valence-electron chi connectivity index (χ4n) is 2.10. The van der Waals surface area contributed by atoms with Gasteiger partial charge < -0.3 is 15.5 Å². The average molecular weight is 255 g/mol. The third-order valence-electron chi connectivity index (χ3n) is 3.15. The van der Waals surface area contributed by atoms with Gasteiger partial charge in [-0.25, -0.2) is 0 Å². The molecule has 0 amide bonds. The number of nitrogens with one attached hydrogen (secondary N) is 1. The van der Waals surface area contributed by atoms with Crippen molar-refractivity contribution in [2.24, 2.45) is 0 Å². The fraction of sp³-hybridized carbons (Fsp3) is 0.769. The lowest BCUT2D eigenvalue weighted by molar-refractivity contribution is 0.160. The van der Waals surface area contributed by atoms with E-state index < -0.39 is 0 Å². The van der Waals surface area contributed by atoms with Crippen molar-refractivity contribution in [1.29, 1.82) is 0 Å². The van der Waals surface area contributed by atoms with E-state index in [-0.39, 0.29) is 12.7 Å². The van der Waals surface area contributed by atoms with Gasteiger partial charge in [-0.2, -0.15) is 5.10 Å². The number of aliphatic hydroxyl groups is 2. The molecular weight excluding hydrogens is 230 g/mol. The number of aliphatic hydroxyl groups excluding tert-OH is 2. The van der Waals surface area contributed by atoms with Gasteiger partial charge in [0, 0.05) is 24.3 Å². The van der Waals surface area contributed by atoms with Crippen LogP contribution in [0.4, 0.5) is 0 Å². The zero-order chi connectivity index (χ0) is 13.5. The first-order valence-electron chi connectivity index (χ1n) is 6.62. The third-order valence-corrected chi connectivity index (χ3v) is 3.15. The summed E-state index contributed by atoms with van der Waals surface area (Å²) in [7, 11) is 0. The number of hydrogen-bond acceptors (Lipinski definition) is 4. The zero-order valence-electron chi connectivity index (χ0n) is 11.6. The van der Waals surface area contributed by atoms with E-state index in [1.165, 1.54) is 0 Å². The van der Waals surface area contributed by atoms with Crippen molar-refractivity contribution in [3.8, 4) is 0 Å². The summed E-state index contributed by atoms with van der Waals surface area (Å²) in [6.45, 7) is 8.00. The van der Waals surface area contributed by atoms with Gasteiger partial charge in [0.15, 0.2) is 0 Å². The molecule has 104 valence electrons. The Bertz CT molecular complexity index is 363. The van der Waals surface area contributed by atoms with Crippen LogP contribution in [0, 0.1) is 13.8 Å². The van der Waals surface area contributed by atoms with Crippen LogP contribution >= 0.6 is 0 Å². The molecule has 5 heteroatoms. The highest BCUT2D eigenvalue weighted by atomic mass is 16.3. The summed E-state index contributed by atoms with van der Waals surface area (Å²) < 4.78 is 1.83. The molecular formula is C13H25N3O2. The van der Waals surface area contributed by atoms with Gasteiger partial charge in [-0.05, 0) is 20.3 Å². The number of aryl methyl sites for hydroxylation is 1. The molecule has 0 saturated heterocycles. The van der Waals surface area contributed by atoms with Crippen LogP contribution in [-0.2, 0) is 13.1 Å². The Kier molecular flexibility index (Phi) is 6.32. The minimum Gasteiger partial charge on any atom is -0.394 e. The Balaban J connectivity index is 2.51. The van der Waals surface area contributed by atoms with E-state index in [1.54, 1.807) is 0 Å². The van der Waals surface area contributed by atoms with Crippen LogP contribution in [0.2, 0.25) is 0 Å². The quantitative estimate of drug-likeness (QED) is 0.641. The number of aromatic nitrogens is 2. The van der Waals surface area contributed by atoms with Crippen molar-refractivity contribution in [2.45, 2.75) is 52.8 Å². The normalized spacial score (nSPS) is 12.9. The van der Waals surface area contributed by atoms with E-state index >= 15 is 0 Å². The monoisotopic (exact) mass is 255 g/mol. The molecule has 1 aromatic heterocycles. The Labute approximate surface area is 109 Å². The van der Waals surface area contributed by atoms with Crippen LogP contribution in [0.25, 0.3) is 0 Å². The molecule has 0 saturated carbocycles. The second kappa shape index (κ2) is 7.51. The van der Waals surface area contributed by atoms with Crippen molar-refractivity contribution < 1.29 is 10.2 Å². The largest absolute Gasteiger partial charge is 0.394 e.